The molecule has 0 saturated heterocycles. The van der Waals surface area contributed by atoms with E-state index < -0.39 is 8.80 Å². The first-order valence-corrected chi connectivity index (χ1v) is 9.10. The number of aliphatic imine (C=N–C) groups is 1. The molecule has 0 aliphatic rings. The smallest absolute Gasteiger partial charge is 0.377 e. The first-order chi connectivity index (χ1) is 10.3. The molecule has 118 valence electrons. The molecule has 0 aliphatic carbocycles. The minimum Gasteiger partial charge on any atom is -0.377 e. The van der Waals surface area contributed by atoms with E-state index in [1.54, 1.807) is 21.3 Å². The molecule has 21 heavy (non-hydrogen) atoms. The Morgan fingerprint density at radius 3 is 2.33 bits per heavy atom. The van der Waals surface area contributed by atoms with Gasteiger partial charge in [0.2, 0.25) is 0 Å². The lowest BCUT2D eigenvalue weighted by Gasteiger charge is -2.24. The fraction of sp³-hybridized carbons (Fsp3) is 0.533. The topological polar surface area (TPSA) is 52.1 Å². The molecule has 1 rings (SSSR count). The van der Waals surface area contributed by atoms with Gasteiger partial charge in [-0.3, -0.25) is 4.99 Å². The standard InChI is InChI=1S/C15H26N2O3Si/c1-18-21(19-2,20-3)13-7-10-16-11-12-17-14-15-8-5-4-6-9-15/h4-6,8-9,14,16H,7,10-13H2,1-3H3. The van der Waals surface area contributed by atoms with Crippen LogP contribution >= 0.6 is 0 Å². The molecule has 0 amide bonds. The van der Waals surface area contributed by atoms with E-state index in [-0.39, 0.29) is 0 Å². The molecule has 0 aromatic heterocycles. The molecule has 0 aliphatic heterocycles. The van der Waals surface area contributed by atoms with Crippen molar-refractivity contribution >= 4 is 15.0 Å². The van der Waals surface area contributed by atoms with E-state index in [4.69, 9.17) is 13.3 Å². The van der Waals surface area contributed by atoms with E-state index in [2.05, 4.69) is 10.3 Å². The first-order valence-electron chi connectivity index (χ1n) is 7.17. The van der Waals surface area contributed by atoms with E-state index in [0.717, 1.165) is 37.7 Å². The Bertz CT molecular complexity index is 389. The van der Waals surface area contributed by atoms with Crippen LogP contribution in [0.1, 0.15) is 12.0 Å². The fourth-order valence-corrected chi connectivity index (χ4v) is 3.69. The van der Waals surface area contributed by atoms with Crippen molar-refractivity contribution in [3.63, 3.8) is 0 Å². The summed E-state index contributed by atoms with van der Waals surface area (Å²) in [6.07, 6.45) is 2.87. The van der Waals surface area contributed by atoms with Crippen LogP contribution in [0.5, 0.6) is 0 Å². The van der Waals surface area contributed by atoms with Crippen molar-refractivity contribution in [2.75, 3.05) is 41.0 Å². The molecule has 0 fully saturated rings. The zero-order valence-corrected chi connectivity index (χ0v) is 14.2. The second kappa shape index (κ2) is 10.6. The summed E-state index contributed by atoms with van der Waals surface area (Å²) in [6.45, 7) is 2.55. The van der Waals surface area contributed by atoms with Gasteiger partial charge in [-0.1, -0.05) is 30.3 Å². The fourth-order valence-electron chi connectivity index (χ4n) is 1.96. The normalized spacial score (nSPS) is 12.1. The molecule has 0 atom stereocenters. The van der Waals surface area contributed by atoms with Gasteiger partial charge in [0.05, 0.1) is 6.54 Å². The maximum Gasteiger partial charge on any atom is 0.500 e. The second-order valence-electron chi connectivity index (χ2n) is 4.59. The minimum atomic E-state index is -2.41. The summed E-state index contributed by atoms with van der Waals surface area (Å²) in [5.41, 5.74) is 1.13. The summed E-state index contributed by atoms with van der Waals surface area (Å²) in [4.78, 5) is 4.38. The lowest BCUT2D eigenvalue weighted by Crippen LogP contribution is -2.43. The number of benzene rings is 1. The van der Waals surface area contributed by atoms with Crippen LogP contribution in [0.4, 0.5) is 0 Å². The van der Waals surface area contributed by atoms with Crippen LogP contribution < -0.4 is 5.32 Å². The highest BCUT2D eigenvalue weighted by molar-refractivity contribution is 6.60. The lowest BCUT2D eigenvalue weighted by atomic mass is 10.2. The van der Waals surface area contributed by atoms with Crippen LogP contribution in [0.15, 0.2) is 35.3 Å². The Labute approximate surface area is 128 Å². The van der Waals surface area contributed by atoms with Gasteiger partial charge in [0.1, 0.15) is 0 Å². The molecule has 1 aromatic rings. The van der Waals surface area contributed by atoms with Gasteiger partial charge in [-0.15, -0.1) is 0 Å². The molecule has 6 heteroatoms. The van der Waals surface area contributed by atoms with E-state index in [1.165, 1.54) is 0 Å². The Morgan fingerprint density at radius 1 is 1.05 bits per heavy atom. The van der Waals surface area contributed by atoms with Crippen LogP contribution in [0.25, 0.3) is 0 Å². The molecule has 0 bridgehead atoms. The predicted molar refractivity (Wildman–Crippen MR) is 88.0 cm³/mol. The third kappa shape index (κ3) is 6.97. The van der Waals surface area contributed by atoms with Gasteiger partial charge in [-0.05, 0) is 18.5 Å². The van der Waals surface area contributed by atoms with Crippen molar-refractivity contribution in [1.29, 1.82) is 0 Å². The molecule has 0 unspecified atom stereocenters. The lowest BCUT2D eigenvalue weighted by molar-refractivity contribution is 0.123. The number of hydrogen-bond acceptors (Lipinski definition) is 5. The van der Waals surface area contributed by atoms with Crippen molar-refractivity contribution in [3.05, 3.63) is 35.9 Å². The summed E-state index contributed by atoms with van der Waals surface area (Å²) in [5, 5.41) is 3.36. The van der Waals surface area contributed by atoms with E-state index in [0.29, 0.717) is 0 Å². The van der Waals surface area contributed by atoms with E-state index >= 15 is 0 Å². The van der Waals surface area contributed by atoms with E-state index in [9.17, 15) is 0 Å². The SMILES string of the molecule is CO[Si](CCCNCCN=Cc1ccccc1)(OC)OC. The highest BCUT2D eigenvalue weighted by atomic mass is 28.4. The average Bonchev–Trinajstić information content (AvgIpc) is 2.55. The Hall–Kier alpha value is -1.05. The third-order valence-corrected chi connectivity index (χ3v) is 6.06. The van der Waals surface area contributed by atoms with Crippen LogP contribution in [0, 0.1) is 0 Å². The molecule has 0 spiro atoms. The molecule has 1 N–H and O–H groups in total. The maximum absolute atomic E-state index is 5.37. The second-order valence-corrected chi connectivity index (χ2v) is 7.69. The van der Waals surface area contributed by atoms with Gasteiger partial charge >= 0.3 is 8.80 Å². The van der Waals surface area contributed by atoms with Gasteiger partial charge in [0.15, 0.2) is 0 Å². The van der Waals surface area contributed by atoms with Gasteiger partial charge in [0, 0.05) is 40.1 Å². The summed E-state index contributed by atoms with van der Waals surface area (Å²) < 4.78 is 16.1. The molecular formula is C15H26N2O3Si. The van der Waals surface area contributed by atoms with Crippen molar-refractivity contribution in [2.24, 2.45) is 4.99 Å². The molecular weight excluding hydrogens is 284 g/mol. The zero-order valence-electron chi connectivity index (χ0n) is 13.2. The van der Waals surface area contributed by atoms with Crippen LogP contribution in [0.3, 0.4) is 0 Å². The largest absolute Gasteiger partial charge is 0.500 e. The third-order valence-electron chi connectivity index (χ3n) is 3.23. The highest BCUT2D eigenvalue weighted by Gasteiger charge is 2.36. The molecule has 0 radical (unpaired) electrons. The van der Waals surface area contributed by atoms with Crippen molar-refractivity contribution in [1.82, 2.24) is 5.32 Å². The predicted octanol–water partition coefficient (Wildman–Crippen LogP) is 1.96. The van der Waals surface area contributed by atoms with Crippen LogP contribution in [-0.2, 0) is 13.3 Å². The maximum atomic E-state index is 5.37. The Balaban J connectivity index is 2.08. The number of rotatable bonds is 11. The van der Waals surface area contributed by atoms with Gasteiger partial charge in [-0.25, -0.2) is 0 Å². The van der Waals surface area contributed by atoms with Gasteiger partial charge in [0.25, 0.3) is 0 Å². The highest BCUT2D eigenvalue weighted by Crippen LogP contribution is 2.14. The minimum absolute atomic E-state index is 0.774. The van der Waals surface area contributed by atoms with Gasteiger partial charge in [-0.2, -0.15) is 0 Å². The van der Waals surface area contributed by atoms with E-state index in [1.807, 2.05) is 36.5 Å². The van der Waals surface area contributed by atoms with Crippen molar-refractivity contribution in [3.8, 4) is 0 Å². The molecule has 5 nitrogen and oxygen atoms in total. The molecule has 1 aromatic carbocycles. The number of nitrogens with zero attached hydrogens (tertiary/aromatic N) is 1. The first kappa shape index (κ1) is 18.0. The van der Waals surface area contributed by atoms with Gasteiger partial charge < -0.3 is 18.6 Å². The van der Waals surface area contributed by atoms with Crippen LogP contribution in [0.2, 0.25) is 6.04 Å². The van der Waals surface area contributed by atoms with Crippen molar-refractivity contribution < 1.29 is 13.3 Å². The summed E-state index contributed by atoms with van der Waals surface area (Å²) in [5.74, 6) is 0. The molecule has 0 saturated carbocycles. The summed E-state index contributed by atoms with van der Waals surface area (Å²) in [6, 6.07) is 10.9. The molecule has 0 heterocycles. The Kier molecular flexibility index (Phi) is 9.12. The monoisotopic (exact) mass is 310 g/mol. The Morgan fingerprint density at radius 2 is 1.71 bits per heavy atom. The average molecular weight is 310 g/mol. The number of hydrogen-bond donors (Lipinski definition) is 1. The zero-order chi connectivity index (χ0) is 15.4. The quantitative estimate of drug-likeness (QED) is 0.386. The summed E-state index contributed by atoms with van der Waals surface area (Å²) >= 11 is 0. The summed E-state index contributed by atoms with van der Waals surface area (Å²) in [7, 11) is 2.52. The number of nitrogens with one attached hydrogen (secondary N) is 1. The van der Waals surface area contributed by atoms with Crippen molar-refractivity contribution in [2.45, 2.75) is 12.5 Å². The van der Waals surface area contributed by atoms with Crippen LogP contribution in [-0.4, -0.2) is 56.0 Å².